The molecule has 11 nitrogen and oxygen atoms in total. The largest absolute Gasteiger partial charge is 0.489 e. The van der Waals surface area contributed by atoms with Crippen LogP contribution >= 0.6 is 0 Å². The second kappa shape index (κ2) is 12.0. The molecule has 6 rings (SSSR count). The van der Waals surface area contributed by atoms with Gasteiger partial charge in [-0.1, -0.05) is 0 Å². The summed E-state index contributed by atoms with van der Waals surface area (Å²) in [6.07, 6.45) is -2.12. The standard InChI is InChI=1S/C34H32F4N6O5/c1-17-10-19-11-20(12-24(26(19)40-14-17)42-31(47)44(3)22-8-9-22)29(45)41-15-33(48,34(36,37)38)25-13-23-28(49-16-32(23,2)30(39)46)27(43-25)18-4-6-21(35)7-5-18/h4-7,10-14,22,48H,8-9,15-16H2,1-3H3,(H2,39,46)(H,41,45)(H,42,47)/t32-,33?/m0/s1. The highest BCUT2D eigenvalue weighted by Crippen LogP contribution is 2.47. The Hall–Kier alpha value is -5.31. The Morgan fingerprint density at radius 3 is 2.45 bits per heavy atom. The van der Waals surface area contributed by atoms with Crippen molar-refractivity contribution in [2.45, 2.75) is 49.9 Å². The molecule has 2 atom stereocenters. The van der Waals surface area contributed by atoms with Crippen LogP contribution in [0.2, 0.25) is 0 Å². The number of fused-ring (bicyclic) bond motifs is 2. The van der Waals surface area contributed by atoms with E-state index in [-0.39, 0.29) is 46.5 Å². The number of nitrogens with two attached hydrogens (primary N) is 1. The fraction of sp³-hybridized carbons (Fsp3) is 0.324. The molecule has 0 bridgehead atoms. The normalized spacial score (nSPS) is 18.3. The number of benzene rings is 2. The first-order chi connectivity index (χ1) is 23.0. The minimum absolute atomic E-state index is 0.0489. The van der Waals surface area contributed by atoms with Crippen LogP contribution in [-0.2, 0) is 15.8 Å². The third-order valence-corrected chi connectivity index (χ3v) is 8.97. The van der Waals surface area contributed by atoms with Gasteiger partial charge in [-0.3, -0.25) is 14.6 Å². The molecule has 1 fully saturated rings. The third kappa shape index (κ3) is 6.09. The number of hydrogen-bond donors (Lipinski definition) is 4. The minimum Gasteiger partial charge on any atom is -0.489 e. The number of carbonyl (C=O) groups excluding carboxylic acids is 3. The highest BCUT2D eigenvalue weighted by Gasteiger charge is 2.57. The number of amides is 4. The number of nitrogens with one attached hydrogen (secondary N) is 2. The van der Waals surface area contributed by atoms with Crippen molar-refractivity contribution >= 4 is 34.4 Å². The van der Waals surface area contributed by atoms with E-state index in [1.807, 2.05) is 0 Å². The Bertz CT molecular complexity index is 2000. The number of pyridine rings is 2. The van der Waals surface area contributed by atoms with Gasteiger partial charge in [0.15, 0.2) is 0 Å². The third-order valence-electron chi connectivity index (χ3n) is 8.97. The first kappa shape index (κ1) is 33.6. The van der Waals surface area contributed by atoms with E-state index in [1.54, 1.807) is 26.2 Å². The number of rotatable bonds is 8. The molecule has 2 aromatic heterocycles. The number of ether oxygens (including phenoxy) is 1. The van der Waals surface area contributed by atoms with Crippen LogP contribution in [0, 0.1) is 12.7 Å². The van der Waals surface area contributed by atoms with Crippen LogP contribution in [0.1, 0.15) is 46.9 Å². The number of aromatic nitrogens is 2. The van der Waals surface area contributed by atoms with Crippen LogP contribution in [0.5, 0.6) is 5.75 Å². The molecule has 2 aliphatic rings. The molecular weight excluding hydrogens is 648 g/mol. The summed E-state index contributed by atoms with van der Waals surface area (Å²) in [6, 6.07) is 9.57. The molecule has 2 aromatic carbocycles. The fourth-order valence-electron chi connectivity index (χ4n) is 5.67. The Balaban J connectivity index is 1.38. The summed E-state index contributed by atoms with van der Waals surface area (Å²) in [5.74, 6) is -2.56. The van der Waals surface area contributed by atoms with Crippen LogP contribution < -0.4 is 21.1 Å². The molecule has 0 saturated heterocycles. The topological polar surface area (TPSA) is 160 Å². The average molecular weight is 681 g/mol. The SMILES string of the molecule is Cc1cnc2c(NC(=O)N(C)C3CC3)cc(C(=O)NCC(O)(c3cc4c(c(-c5ccc(F)cc5)n3)OC[C@]4(C)C(N)=O)C(F)(F)F)cc2c1. The van der Waals surface area contributed by atoms with Crippen LogP contribution in [0.15, 0.2) is 54.7 Å². The van der Waals surface area contributed by atoms with Gasteiger partial charge in [0.05, 0.1) is 23.4 Å². The number of urea groups is 1. The van der Waals surface area contributed by atoms with Crippen LogP contribution in [0.4, 0.5) is 28.0 Å². The van der Waals surface area contributed by atoms with E-state index in [2.05, 4.69) is 20.6 Å². The van der Waals surface area contributed by atoms with Gasteiger partial charge < -0.3 is 31.1 Å². The van der Waals surface area contributed by atoms with Crippen molar-refractivity contribution in [1.82, 2.24) is 20.2 Å². The molecule has 256 valence electrons. The number of primary amides is 1. The first-order valence-electron chi connectivity index (χ1n) is 15.3. The molecule has 1 aliphatic carbocycles. The number of carbonyl (C=O) groups is 3. The van der Waals surface area contributed by atoms with Gasteiger partial charge >= 0.3 is 12.2 Å². The lowest BCUT2D eigenvalue weighted by atomic mass is 9.81. The van der Waals surface area contributed by atoms with E-state index in [0.717, 1.165) is 36.6 Å². The minimum atomic E-state index is -5.40. The zero-order valence-corrected chi connectivity index (χ0v) is 26.6. The zero-order chi connectivity index (χ0) is 35.5. The van der Waals surface area contributed by atoms with Crippen LogP contribution in [-0.4, -0.2) is 70.2 Å². The van der Waals surface area contributed by atoms with Crippen molar-refractivity contribution in [3.8, 4) is 17.0 Å². The lowest BCUT2D eigenvalue weighted by molar-refractivity contribution is -0.265. The molecular formula is C34H32F4N6O5. The van der Waals surface area contributed by atoms with E-state index in [1.165, 1.54) is 36.1 Å². The van der Waals surface area contributed by atoms with Crippen molar-refractivity contribution in [3.05, 3.63) is 82.9 Å². The summed E-state index contributed by atoms with van der Waals surface area (Å²) in [7, 11) is 1.63. The van der Waals surface area contributed by atoms with Crippen molar-refractivity contribution < 1.29 is 41.8 Å². The molecule has 1 saturated carbocycles. The van der Waals surface area contributed by atoms with Crippen LogP contribution in [0.25, 0.3) is 22.2 Å². The lowest BCUT2D eigenvalue weighted by Crippen LogP contribution is -2.51. The highest BCUT2D eigenvalue weighted by atomic mass is 19.4. The number of anilines is 1. The van der Waals surface area contributed by atoms with E-state index >= 15 is 0 Å². The van der Waals surface area contributed by atoms with Gasteiger partial charge in [-0.25, -0.2) is 14.2 Å². The quantitative estimate of drug-likeness (QED) is 0.197. The van der Waals surface area contributed by atoms with Gasteiger partial charge in [0.1, 0.15) is 29.3 Å². The molecule has 5 N–H and O–H groups in total. The highest BCUT2D eigenvalue weighted by molar-refractivity contribution is 6.05. The second-order valence-electron chi connectivity index (χ2n) is 12.6. The molecule has 0 spiro atoms. The van der Waals surface area contributed by atoms with Crippen LogP contribution in [0.3, 0.4) is 0 Å². The summed E-state index contributed by atoms with van der Waals surface area (Å²) < 4.78 is 64.0. The molecule has 49 heavy (non-hydrogen) atoms. The lowest BCUT2D eigenvalue weighted by Gasteiger charge is -2.31. The summed E-state index contributed by atoms with van der Waals surface area (Å²) >= 11 is 0. The molecule has 0 radical (unpaired) electrons. The fourth-order valence-corrected chi connectivity index (χ4v) is 5.67. The predicted octanol–water partition coefficient (Wildman–Crippen LogP) is 4.69. The van der Waals surface area contributed by atoms with E-state index in [0.29, 0.717) is 10.9 Å². The summed E-state index contributed by atoms with van der Waals surface area (Å²) in [6.45, 7) is 1.43. The van der Waals surface area contributed by atoms with Crippen molar-refractivity contribution in [2.24, 2.45) is 5.73 Å². The van der Waals surface area contributed by atoms with Crippen molar-refractivity contribution in [2.75, 3.05) is 25.5 Å². The number of aryl methyl sites for hydroxylation is 1. The Morgan fingerprint density at radius 2 is 1.82 bits per heavy atom. The Morgan fingerprint density at radius 1 is 1.12 bits per heavy atom. The molecule has 4 amide bonds. The van der Waals surface area contributed by atoms with Crippen molar-refractivity contribution in [1.29, 1.82) is 0 Å². The second-order valence-corrected chi connectivity index (χ2v) is 12.6. The number of hydrogen-bond acceptors (Lipinski definition) is 7. The van der Waals surface area contributed by atoms with Crippen molar-refractivity contribution in [3.63, 3.8) is 0 Å². The Kier molecular flexibility index (Phi) is 8.21. The summed E-state index contributed by atoms with van der Waals surface area (Å²) in [5.41, 5.74) is 0.327. The van der Waals surface area contributed by atoms with Gasteiger partial charge in [0.25, 0.3) is 5.91 Å². The molecule has 4 aromatic rings. The number of alkyl halides is 3. The molecule has 15 heteroatoms. The smallest absolute Gasteiger partial charge is 0.424 e. The predicted molar refractivity (Wildman–Crippen MR) is 170 cm³/mol. The summed E-state index contributed by atoms with van der Waals surface area (Å²) in [4.78, 5) is 48.9. The molecule has 1 unspecified atom stereocenters. The van der Waals surface area contributed by atoms with Gasteiger partial charge in [0.2, 0.25) is 11.5 Å². The maximum atomic E-state index is 14.9. The maximum Gasteiger partial charge on any atom is 0.424 e. The Labute approximate surface area is 277 Å². The van der Waals surface area contributed by atoms with Gasteiger partial charge in [-0.2, -0.15) is 13.2 Å². The number of nitrogens with zero attached hydrogens (tertiary/aromatic N) is 3. The molecule has 3 heterocycles. The number of halogens is 4. The zero-order valence-electron chi connectivity index (χ0n) is 26.6. The monoisotopic (exact) mass is 680 g/mol. The average Bonchev–Trinajstić information content (AvgIpc) is 3.84. The van der Waals surface area contributed by atoms with E-state index in [9.17, 15) is 37.1 Å². The van der Waals surface area contributed by atoms with E-state index in [4.69, 9.17) is 10.5 Å². The maximum absolute atomic E-state index is 14.9. The number of aliphatic hydroxyl groups is 1. The summed E-state index contributed by atoms with van der Waals surface area (Å²) in [5, 5.41) is 16.7. The van der Waals surface area contributed by atoms with E-state index < -0.39 is 53.1 Å². The van der Waals surface area contributed by atoms with Gasteiger partial charge in [-0.15, -0.1) is 0 Å². The molecule has 1 aliphatic heterocycles. The van der Waals surface area contributed by atoms with Gasteiger partial charge in [0, 0.05) is 41.4 Å². The van der Waals surface area contributed by atoms with Gasteiger partial charge in [-0.05, 0) is 80.8 Å². The first-order valence-corrected chi connectivity index (χ1v) is 15.3.